The van der Waals surface area contributed by atoms with Crippen molar-refractivity contribution in [2.45, 2.75) is 45.6 Å². The van der Waals surface area contributed by atoms with Gasteiger partial charge in [0.05, 0.1) is 7.11 Å². The molecular weight excluding hydrogens is 234 g/mol. The van der Waals surface area contributed by atoms with Gasteiger partial charge in [-0.15, -0.1) is 0 Å². The Hall–Kier alpha value is -1.02. The first-order valence-corrected chi connectivity index (χ1v) is 7.37. The highest BCUT2D eigenvalue weighted by atomic mass is 16.5. The smallest absolute Gasteiger partial charge is 0.118 e. The molecule has 2 rings (SSSR count). The van der Waals surface area contributed by atoms with Gasteiger partial charge in [0, 0.05) is 12.1 Å². The van der Waals surface area contributed by atoms with E-state index in [0.717, 1.165) is 11.7 Å². The summed E-state index contributed by atoms with van der Waals surface area (Å²) in [5, 5.41) is 0. The summed E-state index contributed by atoms with van der Waals surface area (Å²) in [5.74, 6) is 1.74. The molecule has 1 aliphatic rings. The molecule has 1 unspecified atom stereocenters. The summed E-state index contributed by atoms with van der Waals surface area (Å²) in [7, 11) is 1.72. The molecule has 1 aromatic carbocycles. The molecular formula is C17H27NO. The Balaban J connectivity index is 1.94. The zero-order valence-corrected chi connectivity index (χ0v) is 12.8. The van der Waals surface area contributed by atoms with Crippen LogP contribution in [0.15, 0.2) is 24.3 Å². The Bertz CT molecular complexity index is 391. The SMILES string of the molecule is COc1ccc(CC2CCCN(C(C)(C)C)C2)cc1. The maximum atomic E-state index is 5.21. The van der Waals surface area contributed by atoms with Gasteiger partial charge < -0.3 is 4.74 Å². The number of piperidine rings is 1. The Labute approximate surface area is 117 Å². The molecule has 1 aromatic rings. The summed E-state index contributed by atoms with van der Waals surface area (Å²) in [4.78, 5) is 2.63. The van der Waals surface area contributed by atoms with E-state index in [1.807, 2.05) is 0 Å². The fraction of sp³-hybridized carbons (Fsp3) is 0.647. The number of hydrogen-bond donors (Lipinski definition) is 0. The fourth-order valence-corrected chi connectivity index (χ4v) is 2.94. The van der Waals surface area contributed by atoms with Crippen LogP contribution in [0.1, 0.15) is 39.2 Å². The predicted molar refractivity (Wildman–Crippen MR) is 80.7 cm³/mol. The maximum absolute atomic E-state index is 5.21. The van der Waals surface area contributed by atoms with Crippen LogP contribution in [-0.4, -0.2) is 30.6 Å². The first-order valence-electron chi connectivity index (χ1n) is 7.37. The Kier molecular flexibility index (Phi) is 4.51. The van der Waals surface area contributed by atoms with Crippen molar-refractivity contribution >= 4 is 0 Å². The van der Waals surface area contributed by atoms with Crippen LogP contribution < -0.4 is 4.74 Å². The van der Waals surface area contributed by atoms with E-state index in [2.05, 4.69) is 49.9 Å². The molecule has 1 aliphatic heterocycles. The molecule has 106 valence electrons. The van der Waals surface area contributed by atoms with E-state index in [1.165, 1.54) is 37.9 Å². The lowest BCUT2D eigenvalue weighted by molar-refractivity contribution is 0.0790. The third-order valence-electron chi connectivity index (χ3n) is 4.15. The van der Waals surface area contributed by atoms with E-state index in [-0.39, 0.29) is 0 Å². The molecule has 0 amide bonds. The van der Waals surface area contributed by atoms with E-state index in [4.69, 9.17) is 4.74 Å². The molecule has 1 heterocycles. The topological polar surface area (TPSA) is 12.5 Å². The molecule has 0 saturated carbocycles. The molecule has 0 radical (unpaired) electrons. The normalized spacial score (nSPS) is 21.4. The van der Waals surface area contributed by atoms with Gasteiger partial charge in [-0.25, -0.2) is 0 Å². The average Bonchev–Trinajstić information content (AvgIpc) is 2.39. The van der Waals surface area contributed by atoms with Crippen LogP contribution in [0.5, 0.6) is 5.75 Å². The monoisotopic (exact) mass is 261 g/mol. The maximum Gasteiger partial charge on any atom is 0.118 e. The number of ether oxygens (including phenoxy) is 1. The van der Waals surface area contributed by atoms with Crippen LogP contribution in [-0.2, 0) is 6.42 Å². The molecule has 2 heteroatoms. The first kappa shape index (κ1) is 14.4. The van der Waals surface area contributed by atoms with Crippen molar-refractivity contribution in [2.24, 2.45) is 5.92 Å². The average molecular weight is 261 g/mol. The van der Waals surface area contributed by atoms with Gasteiger partial charge in [0.1, 0.15) is 5.75 Å². The minimum absolute atomic E-state index is 0.304. The second-order valence-corrected chi connectivity index (χ2v) is 6.68. The number of methoxy groups -OCH3 is 1. The van der Waals surface area contributed by atoms with Gasteiger partial charge in [-0.05, 0) is 70.2 Å². The van der Waals surface area contributed by atoms with Gasteiger partial charge >= 0.3 is 0 Å². The van der Waals surface area contributed by atoms with Crippen molar-refractivity contribution in [2.75, 3.05) is 20.2 Å². The van der Waals surface area contributed by atoms with E-state index >= 15 is 0 Å². The second-order valence-electron chi connectivity index (χ2n) is 6.68. The minimum Gasteiger partial charge on any atom is -0.497 e. The van der Waals surface area contributed by atoms with Crippen LogP contribution in [0.2, 0.25) is 0 Å². The van der Waals surface area contributed by atoms with Crippen molar-refractivity contribution < 1.29 is 4.74 Å². The van der Waals surface area contributed by atoms with Crippen LogP contribution in [0.3, 0.4) is 0 Å². The van der Waals surface area contributed by atoms with Gasteiger partial charge in [-0.3, -0.25) is 4.90 Å². The summed E-state index contributed by atoms with van der Waals surface area (Å²) in [6.07, 6.45) is 3.88. The van der Waals surface area contributed by atoms with Crippen molar-refractivity contribution in [3.8, 4) is 5.75 Å². The van der Waals surface area contributed by atoms with E-state index in [0.29, 0.717) is 5.54 Å². The number of hydrogen-bond acceptors (Lipinski definition) is 2. The predicted octanol–water partition coefficient (Wildman–Crippen LogP) is 3.75. The Morgan fingerprint density at radius 2 is 1.89 bits per heavy atom. The lowest BCUT2D eigenvalue weighted by Crippen LogP contribution is -2.47. The molecule has 1 atom stereocenters. The highest BCUT2D eigenvalue weighted by Gasteiger charge is 2.27. The number of likely N-dealkylation sites (tertiary alicyclic amines) is 1. The van der Waals surface area contributed by atoms with Crippen LogP contribution >= 0.6 is 0 Å². The van der Waals surface area contributed by atoms with Gasteiger partial charge in [0.25, 0.3) is 0 Å². The van der Waals surface area contributed by atoms with Gasteiger partial charge in [-0.2, -0.15) is 0 Å². The Morgan fingerprint density at radius 1 is 1.21 bits per heavy atom. The molecule has 19 heavy (non-hydrogen) atoms. The molecule has 1 saturated heterocycles. The van der Waals surface area contributed by atoms with Gasteiger partial charge in [-0.1, -0.05) is 12.1 Å². The van der Waals surface area contributed by atoms with Gasteiger partial charge in [0.2, 0.25) is 0 Å². The van der Waals surface area contributed by atoms with E-state index in [1.54, 1.807) is 7.11 Å². The zero-order chi connectivity index (χ0) is 13.9. The molecule has 0 bridgehead atoms. The lowest BCUT2D eigenvalue weighted by Gasteiger charge is -2.41. The number of benzene rings is 1. The summed E-state index contributed by atoms with van der Waals surface area (Å²) >= 11 is 0. The zero-order valence-electron chi connectivity index (χ0n) is 12.8. The standard InChI is InChI=1S/C17H27NO/c1-17(2,3)18-11-5-6-15(13-18)12-14-7-9-16(19-4)10-8-14/h7-10,15H,5-6,11-13H2,1-4H3. The summed E-state index contributed by atoms with van der Waals surface area (Å²) < 4.78 is 5.21. The third kappa shape index (κ3) is 3.97. The molecule has 0 aromatic heterocycles. The lowest BCUT2D eigenvalue weighted by atomic mass is 9.89. The third-order valence-corrected chi connectivity index (χ3v) is 4.15. The quantitative estimate of drug-likeness (QED) is 0.821. The van der Waals surface area contributed by atoms with E-state index in [9.17, 15) is 0 Å². The van der Waals surface area contributed by atoms with E-state index < -0.39 is 0 Å². The van der Waals surface area contributed by atoms with Crippen molar-refractivity contribution in [3.05, 3.63) is 29.8 Å². The number of nitrogens with zero attached hydrogens (tertiary/aromatic N) is 1. The Morgan fingerprint density at radius 3 is 2.47 bits per heavy atom. The second kappa shape index (κ2) is 5.96. The summed E-state index contributed by atoms with van der Waals surface area (Å²) in [5.41, 5.74) is 1.74. The summed E-state index contributed by atoms with van der Waals surface area (Å²) in [6.45, 7) is 9.45. The van der Waals surface area contributed by atoms with Crippen molar-refractivity contribution in [1.82, 2.24) is 4.90 Å². The minimum atomic E-state index is 0.304. The molecule has 2 nitrogen and oxygen atoms in total. The molecule has 1 fully saturated rings. The number of rotatable bonds is 3. The van der Waals surface area contributed by atoms with Gasteiger partial charge in [0.15, 0.2) is 0 Å². The molecule has 0 spiro atoms. The largest absolute Gasteiger partial charge is 0.497 e. The van der Waals surface area contributed by atoms with Crippen LogP contribution in [0.25, 0.3) is 0 Å². The highest BCUT2D eigenvalue weighted by Crippen LogP contribution is 2.26. The fourth-order valence-electron chi connectivity index (χ4n) is 2.94. The van der Waals surface area contributed by atoms with Crippen molar-refractivity contribution in [1.29, 1.82) is 0 Å². The van der Waals surface area contributed by atoms with Crippen LogP contribution in [0, 0.1) is 5.92 Å². The van der Waals surface area contributed by atoms with Crippen LogP contribution in [0.4, 0.5) is 0 Å². The van der Waals surface area contributed by atoms with Crippen molar-refractivity contribution in [3.63, 3.8) is 0 Å². The molecule has 0 aliphatic carbocycles. The molecule has 0 N–H and O–H groups in total. The first-order chi connectivity index (χ1) is 8.99. The summed E-state index contributed by atoms with van der Waals surface area (Å²) in [6, 6.07) is 8.54. The highest BCUT2D eigenvalue weighted by molar-refractivity contribution is 5.27.